The molecule has 2 saturated heterocycles. The van der Waals surface area contributed by atoms with Crippen LogP contribution in [-0.2, 0) is 23.7 Å². The third-order valence-electron chi connectivity index (χ3n) is 13.0. The van der Waals surface area contributed by atoms with Crippen molar-refractivity contribution in [2.45, 2.75) is 139 Å². The number of benzene rings is 2. The molecule has 2 atom stereocenters. The number of hydrogen-bond donors (Lipinski definition) is 0. The highest BCUT2D eigenvalue weighted by molar-refractivity contribution is 5.22. The molecule has 0 aromatic heterocycles. The van der Waals surface area contributed by atoms with Gasteiger partial charge in [0.15, 0.2) is 0 Å². The summed E-state index contributed by atoms with van der Waals surface area (Å²) in [7, 11) is 0. The molecule has 2 aromatic rings. The molecule has 8 rings (SSSR count). The lowest BCUT2D eigenvalue weighted by Crippen LogP contribution is -2.29. The molecular formula is C43H60F2O5. The standard InChI is InChI=1S/C22H31FO3.C21H29FO2/c23-20-9-5-18(6-10-20)16-1-3-17(4-2-16)19-7-11-21(12-8-19)26-15-24-13-22-14-25-22;22-19-9-5-17(6-10-19)15-1-3-16(4-2-15)18-7-11-20(12-8-18)23-13-21-14-24-21/h5-6,9-10,16-17,19,21-22H,1-4,7-8,11-15H2;5-6,9-10,15-16,18,20-21H,1-4,7-8,11-14H2. The molecule has 4 aliphatic carbocycles. The van der Waals surface area contributed by atoms with E-state index in [0.717, 1.165) is 43.5 Å². The SMILES string of the molecule is Fc1ccc(C2CCC(C3CCC(OCC4CO4)CC3)CC2)cc1.Fc1ccc(C2CCC(C3CCC(OCOCC4CO4)CC3)CC2)cc1. The molecule has 7 heteroatoms. The molecule has 0 spiro atoms. The summed E-state index contributed by atoms with van der Waals surface area (Å²) < 4.78 is 53.9. The molecule has 276 valence electrons. The summed E-state index contributed by atoms with van der Waals surface area (Å²) in [5.41, 5.74) is 2.65. The molecular weight excluding hydrogens is 634 g/mol. The van der Waals surface area contributed by atoms with Crippen molar-refractivity contribution in [1.82, 2.24) is 0 Å². The second-order valence-corrected chi connectivity index (χ2v) is 16.3. The quantitative estimate of drug-likeness (QED) is 0.126. The average molecular weight is 695 g/mol. The van der Waals surface area contributed by atoms with Crippen molar-refractivity contribution in [3.63, 3.8) is 0 Å². The van der Waals surface area contributed by atoms with E-state index in [4.69, 9.17) is 23.7 Å². The van der Waals surface area contributed by atoms with Crippen molar-refractivity contribution >= 4 is 0 Å². The zero-order valence-electron chi connectivity index (χ0n) is 30.0. The van der Waals surface area contributed by atoms with Crippen LogP contribution < -0.4 is 0 Å². The van der Waals surface area contributed by atoms with Crippen LogP contribution in [0.1, 0.15) is 126 Å². The highest BCUT2D eigenvalue weighted by Gasteiger charge is 2.34. The van der Waals surface area contributed by atoms with Gasteiger partial charge in [0.1, 0.15) is 30.6 Å². The van der Waals surface area contributed by atoms with Crippen LogP contribution in [0.4, 0.5) is 8.78 Å². The highest BCUT2D eigenvalue weighted by atomic mass is 19.1. The van der Waals surface area contributed by atoms with Crippen molar-refractivity contribution < 1.29 is 32.5 Å². The van der Waals surface area contributed by atoms with Gasteiger partial charge >= 0.3 is 0 Å². The lowest BCUT2D eigenvalue weighted by Gasteiger charge is -2.38. The normalized spacial score (nSPS) is 35.5. The maximum absolute atomic E-state index is 13.1. The Labute approximate surface area is 299 Å². The summed E-state index contributed by atoms with van der Waals surface area (Å²) in [6, 6.07) is 14.3. The van der Waals surface area contributed by atoms with Gasteiger partial charge in [-0.3, -0.25) is 0 Å². The van der Waals surface area contributed by atoms with Gasteiger partial charge in [0.25, 0.3) is 0 Å². The van der Waals surface area contributed by atoms with E-state index in [9.17, 15) is 8.78 Å². The fraction of sp³-hybridized carbons (Fsp3) is 0.721. The molecule has 0 N–H and O–H groups in total. The summed E-state index contributed by atoms with van der Waals surface area (Å²) in [5.74, 6) is 4.54. The van der Waals surface area contributed by atoms with Gasteiger partial charge in [-0.1, -0.05) is 24.3 Å². The first kappa shape index (κ1) is 36.5. The predicted molar refractivity (Wildman–Crippen MR) is 191 cm³/mol. The Hall–Kier alpha value is -1.90. The van der Waals surface area contributed by atoms with Crippen molar-refractivity contribution in [2.75, 3.05) is 33.2 Å². The molecule has 2 aliphatic heterocycles. The third kappa shape index (κ3) is 11.1. The molecule has 0 amide bonds. The smallest absolute Gasteiger partial charge is 0.147 e. The van der Waals surface area contributed by atoms with Gasteiger partial charge in [-0.15, -0.1) is 0 Å². The second kappa shape index (κ2) is 18.2. The van der Waals surface area contributed by atoms with Crippen LogP contribution in [0.3, 0.4) is 0 Å². The van der Waals surface area contributed by atoms with Gasteiger partial charge in [0.2, 0.25) is 0 Å². The van der Waals surface area contributed by atoms with E-state index in [0.29, 0.717) is 49.7 Å². The van der Waals surface area contributed by atoms with Crippen molar-refractivity contribution in [1.29, 1.82) is 0 Å². The van der Waals surface area contributed by atoms with Crippen LogP contribution in [0.5, 0.6) is 0 Å². The number of ether oxygens (including phenoxy) is 5. The van der Waals surface area contributed by atoms with Crippen LogP contribution >= 0.6 is 0 Å². The lowest BCUT2D eigenvalue weighted by molar-refractivity contribution is -0.106. The predicted octanol–water partition coefficient (Wildman–Crippen LogP) is 10.1. The first-order chi connectivity index (χ1) is 24.6. The van der Waals surface area contributed by atoms with Crippen LogP contribution in [0, 0.1) is 35.3 Å². The number of hydrogen-bond acceptors (Lipinski definition) is 5. The molecule has 2 aromatic carbocycles. The van der Waals surface area contributed by atoms with Gasteiger partial charge in [0, 0.05) is 0 Å². The molecule has 4 saturated carbocycles. The van der Waals surface area contributed by atoms with Gasteiger partial charge in [-0.25, -0.2) is 8.78 Å². The Morgan fingerprint density at radius 1 is 0.460 bits per heavy atom. The highest BCUT2D eigenvalue weighted by Crippen LogP contribution is 2.45. The largest absolute Gasteiger partial charge is 0.375 e. The maximum Gasteiger partial charge on any atom is 0.147 e. The van der Waals surface area contributed by atoms with E-state index in [2.05, 4.69) is 0 Å². The Kier molecular flexibility index (Phi) is 13.3. The van der Waals surface area contributed by atoms with Crippen LogP contribution in [0.2, 0.25) is 0 Å². The zero-order chi connectivity index (χ0) is 34.1. The Balaban J connectivity index is 0.000000157. The Morgan fingerprint density at radius 3 is 1.22 bits per heavy atom. The number of rotatable bonds is 12. The van der Waals surface area contributed by atoms with E-state index in [1.165, 1.54) is 114 Å². The van der Waals surface area contributed by atoms with E-state index in [-0.39, 0.29) is 11.6 Å². The summed E-state index contributed by atoms with van der Waals surface area (Å²) in [5, 5.41) is 0. The van der Waals surface area contributed by atoms with Gasteiger partial charge in [0.05, 0.1) is 38.6 Å². The van der Waals surface area contributed by atoms with Crippen molar-refractivity contribution in [2.24, 2.45) is 23.7 Å². The molecule has 2 heterocycles. The van der Waals surface area contributed by atoms with E-state index >= 15 is 0 Å². The summed E-state index contributed by atoms with van der Waals surface area (Å²) in [6.45, 7) is 3.63. The fourth-order valence-corrected chi connectivity index (χ4v) is 9.67. The van der Waals surface area contributed by atoms with Gasteiger partial charge < -0.3 is 23.7 Å². The average Bonchev–Trinajstić information content (AvgIpc) is 4.11. The first-order valence-electron chi connectivity index (χ1n) is 20.1. The van der Waals surface area contributed by atoms with E-state index < -0.39 is 0 Å². The summed E-state index contributed by atoms with van der Waals surface area (Å²) in [6.07, 6.45) is 22.0. The van der Waals surface area contributed by atoms with E-state index in [1.807, 2.05) is 24.3 Å². The fourth-order valence-electron chi connectivity index (χ4n) is 9.67. The Morgan fingerprint density at radius 2 is 0.820 bits per heavy atom. The monoisotopic (exact) mass is 694 g/mol. The zero-order valence-corrected chi connectivity index (χ0v) is 30.0. The summed E-state index contributed by atoms with van der Waals surface area (Å²) in [4.78, 5) is 0. The van der Waals surface area contributed by atoms with Crippen molar-refractivity contribution in [3.8, 4) is 0 Å². The molecule has 6 aliphatic rings. The molecule has 50 heavy (non-hydrogen) atoms. The number of epoxide rings is 2. The Bertz CT molecular complexity index is 1250. The summed E-state index contributed by atoms with van der Waals surface area (Å²) >= 11 is 0. The molecule has 0 bridgehead atoms. The lowest BCUT2D eigenvalue weighted by atomic mass is 9.69. The molecule has 6 fully saturated rings. The topological polar surface area (TPSA) is 52.8 Å². The number of halogens is 2. The van der Waals surface area contributed by atoms with Gasteiger partial charge in [-0.2, -0.15) is 0 Å². The second-order valence-electron chi connectivity index (χ2n) is 16.3. The minimum Gasteiger partial charge on any atom is -0.375 e. The minimum atomic E-state index is -0.132. The van der Waals surface area contributed by atoms with Crippen LogP contribution in [0.25, 0.3) is 0 Å². The van der Waals surface area contributed by atoms with Crippen LogP contribution in [-0.4, -0.2) is 57.6 Å². The van der Waals surface area contributed by atoms with E-state index in [1.54, 1.807) is 24.3 Å². The van der Waals surface area contributed by atoms with Gasteiger partial charge in [-0.05, 0) is 174 Å². The molecule has 0 radical (unpaired) electrons. The third-order valence-corrected chi connectivity index (χ3v) is 13.0. The van der Waals surface area contributed by atoms with Crippen LogP contribution in [0.15, 0.2) is 48.5 Å². The molecule has 5 nitrogen and oxygen atoms in total. The minimum absolute atomic E-state index is 0.125. The maximum atomic E-state index is 13.1. The van der Waals surface area contributed by atoms with Crippen molar-refractivity contribution in [3.05, 3.63) is 71.3 Å². The molecule has 2 unspecified atom stereocenters. The first-order valence-corrected chi connectivity index (χ1v) is 20.1.